The monoisotopic (exact) mass is 351 g/mol. The van der Waals surface area contributed by atoms with E-state index in [-0.39, 0.29) is 5.91 Å². The van der Waals surface area contributed by atoms with Crippen LogP contribution in [0.25, 0.3) is 0 Å². The molecule has 0 saturated carbocycles. The van der Waals surface area contributed by atoms with Crippen molar-refractivity contribution in [3.63, 3.8) is 0 Å². The van der Waals surface area contributed by atoms with Crippen molar-refractivity contribution in [2.75, 3.05) is 11.9 Å². The van der Waals surface area contributed by atoms with Crippen LogP contribution < -0.4 is 10.1 Å². The molecule has 1 amide bonds. The molecule has 0 aromatic heterocycles. The van der Waals surface area contributed by atoms with Gasteiger partial charge in [0.1, 0.15) is 5.75 Å². The van der Waals surface area contributed by atoms with E-state index in [0.29, 0.717) is 22.9 Å². The number of ether oxygens (including phenoxy) is 1. The fourth-order valence-corrected chi connectivity index (χ4v) is 2.62. The van der Waals surface area contributed by atoms with Crippen molar-refractivity contribution >= 4 is 23.2 Å². The summed E-state index contributed by atoms with van der Waals surface area (Å²) in [5.41, 5.74) is 2.43. The summed E-state index contributed by atoms with van der Waals surface area (Å²) in [4.78, 5) is 12.3. The third-order valence-electron chi connectivity index (χ3n) is 3.68. The Balaban J connectivity index is 1.58. The minimum absolute atomic E-state index is 0.205. The van der Waals surface area contributed by atoms with Crippen molar-refractivity contribution in [1.82, 2.24) is 0 Å². The molecule has 0 spiro atoms. The lowest BCUT2D eigenvalue weighted by Crippen LogP contribution is -2.11. The fourth-order valence-electron chi connectivity index (χ4n) is 2.43. The predicted molar refractivity (Wildman–Crippen MR) is 101 cm³/mol. The summed E-state index contributed by atoms with van der Waals surface area (Å²) in [6, 6.07) is 24.4. The molecule has 3 aromatic carbocycles. The lowest BCUT2D eigenvalue weighted by Gasteiger charge is -2.09. The van der Waals surface area contributed by atoms with Gasteiger partial charge in [-0.2, -0.15) is 0 Å². The Bertz CT molecular complexity index is 849. The molecular formula is C21H18ClNO2. The summed E-state index contributed by atoms with van der Waals surface area (Å²) in [7, 11) is 0. The van der Waals surface area contributed by atoms with Crippen LogP contribution in [0, 0.1) is 0 Å². The van der Waals surface area contributed by atoms with Gasteiger partial charge in [0.15, 0.2) is 0 Å². The smallest absolute Gasteiger partial charge is 0.255 e. The minimum Gasteiger partial charge on any atom is -0.493 e. The van der Waals surface area contributed by atoms with Gasteiger partial charge in [0.25, 0.3) is 5.91 Å². The quantitative estimate of drug-likeness (QED) is 0.661. The van der Waals surface area contributed by atoms with Crippen molar-refractivity contribution in [3.8, 4) is 5.75 Å². The Morgan fingerprint density at radius 1 is 0.920 bits per heavy atom. The van der Waals surface area contributed by atoms with Gasteiger partial charge in [-0.25, -0.2) is 0 Å². The number of anilines is 1. The molecule has 0 radical (unpaired) electrons. The van der Waals surface area contributed by atoms with E-state index >= 15 is 0 Å². The van der Waals surface area contributed by atoms with Crippen LogP contribution in [0.5, 0.6) is 5.75 Å². The first kappa shape index (κ1) is 17.1. The molecule has 0 atom stereocenters. The van der Waals surface area contributed by atoms with Crippen molar-refractivity contribution in [3.05, 3.63) is 95.0 Å². The van der Waals surface area contributed by atoms with Gasteiger partial charge in [-0.05, 0) is 35.9 Å². The van der Waals surface area contributed by atoms with Crippen LogP contribution in [0.3, 0.4) is 0 Å². The molecule has 126 valence electrons. The topological polar surface area (TPSA) is 38.3 Å². The summed E-state index contributed by atoms with van der Waals surface area (Å²) in [6.45, 7) is 0.579. The number of hydrogen-bond donors (Lipinski definition) is 1. The van der Waals surface area contributed by atoms with Crippen LogP contribution in [0.4, 0.5) is 5.69 Å². The minimum atomic E-state index is -0.205. The largest absolute Gasteiger partial charge is 0.493 e. The van der Waals surface area contributed by atoms with Gasteiger partial charge < -0.3 is 10.1 Å². The maximum absolute atomic E-state index is 12.3. The normalized spacial score (nSPS) is 10.3. The van der Waals surface area contributed by atoms with Crippen LogP contribution in [-0.4, -0.2) is 12.5 Å². The van der Waals surface area contributed by atoms with E-state index in [1.165, 1.54) is 5.56 Å². The average Bonchev–Trinajstić information content (AvgIpc) is 2.63. The molecule has 0 aliphatic carbocycles. The molecule has 3 rings (SSSR count). The van der Waals surface area contributed by atoms with Crippen molar-refractivity contribution in [2.24, 2.45) is 0 Å². The molecule has 0 aliphatic heterocycles. The van der Waals surface area contributed by atoms with E-state index in [1.807, 2.05) is 42.5 Å². The average molecular weight is 352 g/mol. The Kier molecular flexibility index (Phi) is 5.70. The molecule has 25 heavy (non-hydrogen) atoms. The van der Waals surface area contributed by atoms with Gasteiger partial charge in [-0.1, -0.05) is 54.1 Å². The van der Waals surface area contributed by atoms with E-state index in [2.05, 4.69) is 17.4 Å². The second-order valence-electron chi connectivity index (χ2n) is 5.58. The number of halogens is 1. The zero-order chi connectivity index (χ0) is 17.5. The van der Waals surface area contributed by atoms with Gasteiger partial charge >= 0.3 is 0 Å². The molecular weight excluding hydrogens is 334 g/mol. The van der Waals surface area contributed by atoms with Crippen LogP contribution >= 0.6 is 11.6 Å². The molecule has 3 aromatic rings. The molecule has 0 bridgehead atoms. The van der Waals surface area contributed by atoms with Crippen LogP contribution in [0.1, 0.15) is 15.9 Å². The van der Waals surface area contributed by atoms with Crippen molar-refractivity contribution in [2.45, 2.75) is 6.42 Å². The standard InChI is InChI=1S/C21H18ClNO2/c22-18-9-4-8-17(14-18)21(24)23-19-10-5-11-20(15-19)25-13-12-16-6-2-1-3-7-16/h1-11,14-15H,12-13H2,(H,23,24). The van der Waals surface area contributed by atoms with E-state index in [0.717, 1.165) is 12.2 Å². The maximum Gasteiger partial charge on any atom is 0.255 e. The lowest BCUT2D eigenvalue weighted by molar-refractivity contribution is 0.102. The summed E-state index contributed by atoms with van der Waals surface area (Å²) in [5, 5.41) is 3.39. The molecule has 0 heterocycles. The number of carbonyl (C=O) groups excluding carboxylic acids is 1. The number of nitrogens with one attached hydrogen (secondary N) is 1. The molecule has 4 heteroatoms. The zero-order valence-electron chi connectivity index (χ0n) is 13.6. The Morgan fingerprint density at radius 3 is 2.52 bits per heavy atom. The molecule has 0 saturated heterocycles. The SMILES string of the molecule is O=C(Nc1cccc(OCCc2ccccc2)c1)c1cccc(Cl)c1. The number of hydrogen-bond acceptors (Lipinski definition) is 2. The first-order valence-corrected chi connectivity index (χ1v) is 8.42. The Labute approximate surface area is 152 Å². The molecule has 0 aliphatic rings. The predicted octanol–water partition coefficient (Wildman–Crippen LogP) is 5.21. The van der Waals surface area contributed by atoms with Crippen LogP contribution in [0.15, 0.2) is 78.9 Å². The summed E-state index contributed by atoms with van der Waals surface area (Å²) < 4.78 is 5.78. The molecule has 0 unspecified atom stereocenters. The Hall–Kier alpha value is -2.78. The first-order chi connectivity index (χ1) is 12.2. The maximum atomic E-state index is 12.3. The number of carbonyl (C=O) groups is 1. The highest BCUT2D eigenvalue weighted by Crippen LogP contribution is 2.19. The second-order valence-corrected chi connectivity index (χ2v) is 6.01. The van der Waals surface area contributed by atoms with E-state index in [1.54, 1.807) is 24.3 Å². The Morgan fingerprint density at radius 2 is 1.72 bits per heavy atom. The van der Waals surface area contributed by atoms with E-state index in [4.69, 9.17) is 16.3 Å². The number of benzene rings is 3. The van der Waals surface area contributed by atoms with Crippen LogP contribution in [0.2, 0.25) is 5.02 Å². The summed E-state index contributed by atoms with van der Waals surface area (Å²) >= 11 is 5.92. The van der Waals surface area contributed by atoms with E-state index in [9.17, 15) is 4.79 Å². The van der Waals surface area contributed by atoms with Gasteiger partial charge in [0.05, 0.1) is 6.61 Å². The van der Waals surface area contributed by atoms with Crippen molar-refractivity contribution in [1.29, 1.82) is 0 Å². The van der Waals surface area contributed by atoms with Gasteiger partial charge in [-0.3, -0.25) is 4.79 Å². The molecule has 1 N–H and O–H groups in total. The van der Waals surface area contributed by atoms with E-state index < -0.39 is 0 Å². The zero-order valence-corrected chi connectivity index (χ0v) is 14.4. The highest BCUT2D eigenvalue weighted by Gasteiger charge is 2.07. The lowest BCUT2D eigenvalue weighted by atomic mass is 10.2. The highest BCUT2D eigenvalue weighted by molar-refractivity contribution is 6.31. The first-order valence-electron chi connectivity index (χ1n) is 8.04. The molecule has 3 nitrogen and oxygen atoms in total. The summed E-state index contributed by atoms with van der Waals surface area (Å²) in [5.74, 6) is 0.517. The van der Waals surface area contributed by atoms with Crippen LogP contribution in [-0.2, 0) is 6.42 Å². The summed E-state index contributed by atoms with van der Waals surface area (Å²) in [6.07, 6.45) is 0.833. The van der Waals surface area contributed by atoms with Gasteiger partial charge in [0, 0.05) is 28.8 Å². The van der Waals surface area contributed by atoms with Crippen molar-refractivity contribution < 1.29 is 9.53 Å². The third-order valence-corrected chi connectivity index (χ3v) is 3.92. The molecule has 0 fully saturated rings. The highest BCUT2D eigenvalue weighted by atomic mass is 35.5. The third kappa shape index (κ3) is 5.10. The number of amides is 1. The number of rotatable bonds is 6. The van der Waals surface area contributed by atoms with Gasteiger partial charge in [0.2, 0.25) is 0 Å². The fraction of sp³-hybridized carbons (Fsp3) is 0.0952. The second kappa shape index (κ2) is 8.36. The van der Waals surface area contributed by atoms with Gasteiger partial charge in [-0.15, -0.1) is 0 Å².